The van der Waals surface area contributed by atoms with Crippen molar-refractivity contribution in [1.82, 2.24) is 14.9 Å². The van der Waals surface area contributed by atoms with Crippen LogP contribution in [-0.4, -0.2) is 43.6 Å². The molecule has 4 aromatic rings. The average molecular weight is 780 g/mol. The predicted octanol–water partition coefficient (Wildman–Crippen LogP) is 7.44. The lowest BCUT2D eigenvalue weighted by Gasteiger charge is -2.50. The van der Waals surface area contributed by atoms with Crippen molar-refractivity contribution >= 4 is 52.6 Å². The second-order valence-electron chi connectivity index (χ2n) is 13.9. The maximum atomic E-state index is 15.3. The summed E-state index contributed by atoms with van der Waals surface area (Å²) in [6, 6.07) is 19.4. The fourth-order valence-corrected chi connectivity index (χ4v) is 9.18. The molecule has 3 heterocycles. The number of likely N-dealkylation sites (tertiary alicyclic amines) is 1. The van der Waals surface area contributed by atoms with E-state index < -0.39 is 86.9 Å². The van der Waals surface area contributed by atoms with Gasteiger partial charge < -0.3 is 5.11 Å². The van der Waals surface area contributed by atoms with Crippen molar-refractivity contribution in [3.8, 4) is 5.75 Å². The number of phenols is 1. The number of fused-ring (bicyclic) bond motifs is 4. The molecule has 6 unspecified atom stereocenters. The van der Waals surface area contributed by atoms with Gasteiger partial charge in [-0.3, -0.25) is 29.5 Å². The number of aromatic nitrogens is 1. The Morgan fingerprint density at radius 3 is 2.30 bits per heavy atom. The number of imide groups is 2. The van der Waals surface area contributed by atoms with E-state index in [0.717, 1.165) is 17.7 Å². The molecular weight excluding hydrogens is 751 g/mol. The van der Waals surface area contributed by atoms with Crippen LogP contribution in [-0.2, 0) is 37.3 Å². The first-order valence-electron chi connectivity index (χ1n) is 16.9. The topological polar surface area (TPSA) is 120 Å². The van der Waals surface area contributed by atoms with Gasteiger partial charge in [0.15, 0.2) is 17.4 Å². The van der Waals surface area contributed by atoms with Crippen LogP contribution in [0.5, 0.6) is 5.75 Å². The van der Waals surface area contributed by atoms with Crippen LogP contribution in [0.25, 0.3) is 0 Å². The summed E-state index contributed by atoms with van der Waals surface area (Å²) in [7, 11) is 0. The summed E-state index contributed by atoms with van der Waals surface area (Å²) >= 11 is 12.5. The van der Waals surface area contributed by atoms with E-state index in [-0.39, 0.29) is 30.9 Å². The number of anilines is 1. The molecule has 8 rings (SSSR count). The fourth-order valence-electron chi connectivity index (χ4n) is 8.85. The summed E-state index contributed by atoms with van der Waals surface area (Å²) in [4.78, 5) is 63.0. The number of alkyl halides is 3. The minimum Gasteiger partial charge on any atom is -0.505 e. The molecule has 2 saturated heterocycles. The number of rotatable bonds is 6. The summed E-state index contributed by atoms with van der Waals surface area (Å²) in [5.74, 6) is -9.37. The van der Waals surface area contributed by atoms with E-state index in [2.05, 4.69) is 10.4 Å². The van der Waals surface area contributed by atoms with E-state index in [1.165, 1.54) is 23.1 Å². The van der Waals surface area contributed by atoms with Gasteiger partial charge in [-0.15, -0.1) is 0 Å². The maximum absolute atomic E-state index is 15.3. The number of hydrogen-bond donors (Lipinski definition) is 2. The van der Waals surface area contributed by atoms with Crippen LogP contribution >= 0.6 is 23.2 Å². The summed E-state index contributed by atoms with van der Waals surface area (Å²) in [6.07, 6.45) is -2.45. The highest BCUT2D eigenvalue weighted by atomic mass is 35.5. The van der Waals surface area contributed by atoms with E-state index in [1.54, 1.807) is 42.5 Å². The van der Waals surface area contributed by atoms with Crippen molar-refractivity contribution in [1.29, 1.82) is 0 Å². The molecule has 4 amide bonds. The number of carbonyl (C=O) groups is 4. The lowest BCUT2D eigenvalue weighted by molar-refractivity contribution is -0.142. The Hall–Kier alpha value is -5.27. The van der Waals surface area contributed by atoms with Gasteiger partial charge in [0.05, 0.1) is 40.3 Å². The van der Waals surface area contributed by atoms with Crippen molar-refractivity contribution in [2.45, 2.75) is 36.9 Å². The lowest BCUT2D eigenvalue weighted by atomic mass is 9.49. The molecule has 9 nitrogen and oxygen atoms in total. The molecule has 3 aromatic carbocycles. The van der Waals surface area contributed by atoms with Gasteiger partial charge in [-0.2, -0.15) is 18.2 Å². The number of halogens is 6. The Balaban J connectivity index is 1.29. The highest BCUT2D eigenvalue weighted by Gasteiger charge is 2.70. The van der Waals surface area contributed by atoms with Crippen LogP contribution in [0.4, 0.5) is 23.4 Å². The van der Waals surface area contributed by atoms with Gasteiger partial charge in [-0.25, -0.2) is 9.37 Å². The third kappa shape index (κ3) is 5.46. The number of carbonyl (C=O) groups excluding carboxylic acids is 4. The molecule has 2 aliphatic heterocycles. The molecular formula is C39H28Cl2F4N4O5. The molecule has 4 aliphatic rings. The summed E-state index contributed by atoms with van der Waals surface area (Å²) in [5.41, 5.74) is 1.34. The standard InChI is InChI=1S/C39H28Cl2F4N4O5/c40-23-9-7-21(8-10-23)38-27(35(52)49(37(38)54)47-33-28(41)15-22(17-46-33)39(43,44)45)16-26-24(32(38)20-6-13-30(50)29(42)14-20)11-12-25-31(26)36(53)48(34(25)51)18-19-4-2-1-3-5-19/h1-11,13-15,17,25-27,31-32,50H,12,16,18H2,(H,46,47). The number of benzene rings is 3. The van der Waals surface area contributed by atoms with Crippen LogP contribution in [0, 0.1) is 29.5 Å². The van der Waals surface area contributed by atoms with Gasteiger partial charge in [-0.1, -0.05) is 83.4 Å². The number of aromatic hydroxyl groups is 1. The van der Waals surface area contributed by atoms with Crippen molar-refractivity contribution < 1.29 is 41.8 Å². The molecule has 54 heavy (non-hydrogen) atoms. The van der Waals surface area contributed by atoms with Crippen LogP contribution in [0.3, 0.4) is 0 Å². The van der Waals surface area contributed by atoms with Gasteiger partial charge >= 0.3 is 6.18 Å². The van der Waals surface area contributed by atoms with Crippen molar-refractivity contribution in [2.24, 2.45) is 23.7 Å². The number of nitrogens with zero attached hydrogens (tertiary/aromatic N) is 3. The first-order valence-corrected chi connectivity index (χ1v) is 17.7. The van der Waals surface area contributed by atoms with Crippen molar-refractivity contribution in [2.75, 3.05) is 5.43 Å². The fraction of sp³-hybridized carbons (Fsp3) is 0.256. The van der Waals surface area contributed by atoms with Crippen molar-refractivity contribution in [3.05, 3.63) is 135 Å². The molecule has 1 aromatic heterocycles. The first-order chi connectivity index (χ1) is 25.7. The third-order valence-electron chi connectivity index (χ3n) is 11.1. The molecule has 2 N–H and O–H groups in total. The lowest BCUT2D eigenvalue weighted by Crippen LogP contribution is -2.53. The van der Waals surface area contributed by atoms with E-state index in [4.69, 9.17) is 23.2 Å². The monoisotopic (exact) mass is 778 g/mol. The summed E-state index contributed by atoms with van der Waals surface area (Å²) < 4.78 is 55.6. The SMILES string of the molecule is O=C1C2CC=C3C(CC4C(=O)N(Nc5ncc(C(F)(F)F)cc5Cl)C(=O)C4(c4ccc(Cl)cc4)C3c3ccc(O)c(F)c3)C2C(=O)N1Cc1ccccc1. The maximum Gasteiger partial charge on any atom is 0.417 e. The Morgan fingerprint density at radius 2 is 1.63 bits per heavy atom. The van der Waals surface area contributed by atoms with Gasteiger partial charge in [0, 0.05) is 17.1 Å². The first kappa shape index (κ1) is 35.7. The van der Waals surface area contributed by atoms with E-state index >= 15 is 9.18 Å². The molecule has 1 saturated carbocycles. The molecule has 276 valence electrons. The normalized spacial score (nSPS) is 26.4. The predicted molar refractivity (Wildman–Crippen MR) is 187 cm³/mol. The molecule has 0 radical (unpaired) electrons. The van der Waals surface area contributed by atoms with Crippen LogP contribution < -0.4 is 5.43 Å². The Kier molecular flexibility index (Phi) is 8.57. The minimum atomic E-state index is -4.77. The number of amides is 4. The number of allylic oxidation sites excluding steroid dienone is 2. The van der Waals surface area contributed by atoms with E-state index in [0.29, 0.717) is 33.4 Å². The average Bonchev–Trinajstić information content (AvgIpc) is 3.51. The largest absolute Gasteiger partial charge is 0.505 e. The van der Waals surface area contributed by atoms with Gasteiger partial charge in [0.25, 0.3) is 11.8 Å². The minimum absolute atomic E-state index is 0.0360. The Bertz CT molecular complexity index is 2270. The molecule has 2 aliphatic carbocycles. The van der Waals surface area contributed by atoms with Gasteiger partial charge in [0.1, 0.15) is 0 Å². The molecule has 3 fully saturated rings. The molecule has 0 bridgehead atoms. The number of pyridine rings is 1. The van der Waals surface area contributed by atoms with Crippen molar-refractivity contribution in [3.63, 3.8) is 0 Å². The van der Waals surface area contributed by atoms with Crippen LogP contribution in [0.1, 0.15) is 41.0 Å². The van der Waals surface area contributed by atoms with E-state index in [9.17, 15) is 32.7 Å². The molecule has 15 heteroatoms. The highest BCUT2D eigenvalue weighted by Crippen LogP contribution is 2.64. The van der Waals surface area contributed by atoms with Crippen LogP contribution in [0.2, 0.25) is 10.0 Å². The summed E-state index contributed by atoms with van der Waals surface area (Å²) in [5, 5.41) is 10.6. The number of nitrogens with one attached hydrogen (secondary N) is 1. The zero-order valence-electron chi connectivity index (χ0n) is 27.9. The zero-order chi connectivity index (χ0) is 38.3. The Labute approximate surface area is 315 Å². The number of phenolic OH excluding ortho intramolecular Hbond substituents is 1. The molecule has 6 atom stereocenters. The second-order valence-corrected chi connectivity index (χ2v) is 14.7. The van der Waals surface area contributed by atoms with Gasteiger partial charge in [0.2, 0.25) is 11.8 Å². The number of hydrogen-bond acceptors (Lipinski definition) is 7. The molecule has 0 spiro atoms. The second kappa shape index (κ2) is 12.9. The highest BCUT2D eigenvalue weighted by molar-refractivity contribution is 6.33. The van der Waals surface area contributed by atoms with Crippen LogP contribution in [0.15, 0.2) is 96.7 Å². The van der Waals surface area contributed by atoms with Gasteiger partial charge in [-0.05, 0) is 65.8 Å². The third-order valence-corrected chi connectivity index (χ3v) is 11.7. The number of hydrazine groups is 1. The smallest absolute Gasteiger partial charge is 0.417 e. The Morgan fingerprint density at radius 1 is 0.907 bits per heavy atom. The summed E-state index contributed by atoms with van der Waals surface area (Å²) in [6.45, 7) is 0.0360. The zero-order valence-corrected chi connectivity index (χ0v) is 29.4. The van der Waals surface area contributed by atoms with E-state index in [1.807, 2.05) is 6.07 Å². The quantitative estimate of drug-likeness (QED) is 0.119.